The summed E-state index contributed by atoms with van der Waals surface area (Å²) in [7, 11) is 0. The molecule has 0 fully saturated rings. The van der Waals surface area contributed by atoms with Crippen molar-refractivity contribution in [2.45, 2.75) is 6.92 Å². The molecule has 98 valence electrons. The number of aromatic nitrogens is 1. The van der Waals surface area contributed by atoms with Crippen LogP contribution in [-0.2, 0) is 0 Å². The maximum atomic E-state index is 11.6. The van der Waals surface area contributed by atoms with E-state index in [0.29, 0.717) is 5.58 Å². The molecule has 0 saturated heterocycles. The van der Waals surface area contributed by atoms with Crippen molar-refractivity contribution in [1.29, 1.82) is 0 Å². The first-order chi connectivity index (χ1) is 9.63. The molecule has 2 aromatic carbocycles. The van der Waals surface area contributed by atoms with Crippen LogP contribution in [0.15, 0.2) is 45.6 Å². The molecule has 0 aliphatic carbocycles. The molecule has 0 amide bonds. The van der Waals surface area contributed by atoms with E-state index in [1.807, 2.05) is 19.1 Å². The van der Waals surface area contributed by atoms with Crippen LogP contribution in [0.2, 0.25) is 0 Å². The van der Waals surface area contributed by atoms with E-state index >= 15 is 0 Å². The van der Waals surface area contributed by atoms with Crippen LogP contribution in [-0.4, -0.2) is 4.98 Å². The van der Waals surface area contributed by atoms with Gasteiger partial charge in [-0.1, -0.05) is 24.3 Å². The summed E-state index contributed by atoms with van der Waals surface area (Å²) >= 11 is 0. The first kappa shape index (κ1) is 11.1. The Labute approximate surface area is 113 Å². The maximum Gasteiger partial charge on any atom is 0.359 e. The lowest BCUT2D eigenvalue weighted by atomic mass is 10.1. The summed E-state index contributed by atoms with van der Waals surface area (Å²) < 4.78 is 5.35. The summed E-state index contributed by atoms with van der Waals surface area (Å²) in [6, 6.07) is 11.8. The Kier molecular flexibility index (Phi) is 2.02. The Balaban J connectivity index is 2.27. The highest BCUT2D eigenvalue weighted by molar-refractivity contribution is 6.15. The highest BCUT2D eigenvalue weighted by Gasteiger charge is 2.11. The number of hydrogen-bond donors (Lipinski definition) is 2. The van der Waals surface area contributed by atoms with Gasteiger partial charge in [-0.15, -0.1) is 0 Å². The van der Waals surface area contributed by atoms with Gasteiger partial charge in [0.2, 0.25) is 0 Å². The Morgan fingerprint density at radius 1 is 1.10 bits per heavy atom. The predicted molar refractivity (Wildman–Crippen MR) is 81.0 cm³/mol. The topological polar surface area (TPSA) is 72.0 Å². The van der Waals surface area contributed by atoms with Gasteiger partial charge >= 0.3 is 5.63 Å². The van der Waals surface area contributed by atoms with Crippen LogP contribution in [0, 0.1) is 6.92 Å². The molecule has 0 saturated carbocycles. The zero-order chi connectivity index (χ0) is 13.9. The predicted octanol–water partition coefficient (Wildman–Crippen LogP) is 3.32. The number of rotatable bonds is 0. The van der Waals surface area contributed by atoms with E-state index in [-0.39, 0.29) is 5.69 Å². The van der Waals surface area contributed by atoms with Gasteiger partial charge in [0, 0.05) is 21.7 Å². The number of nitrogen functional groups attached to an aromatic ring is 1. The summed E-state index contributed by atoms with van der Waals surface area (Å²) in [4.78, 5) is 15.0. The first-order valence-corrected chi connectivity index (χ1v) is 6.38. The van der Waals surface area contributed by atoms with Crippen molar-refractivity contribution in [3.63, 3.8) is 0 Å². The molecule has 20 heavy (non-hydrogen) atoms. The second-order valence-corrected chi connectivity index (χ2v) is 5.07. The van der Waals surface area contributed by atoms with Crippen LogP contribution in [0.1, 0.15) is 5.56 Å². The van der Waals surface area contributed by atoms with Gasteiger partial charge in [-0.3, -0.25) is 0 Å². The Hall–Kier alpha value is -2.75. The minimum Gasteiger partial charge on any atom is -0.419 e. The molecular formula is C16H12N2O2. The molecule has 2 aromatic heterocycles. The van der Waals surface area contributed by atoms with E-state index in [0.717, 1.165) is 27.2 Å². The molecule has 4 rings (SSSR count). The number of nitrogens with two attached hydrogens (primary N) is 1. The van der Waals surface area contributed by atoms with Crippen LogP contribution in [0.25, 0.3) is 32.8 Å². The van der Waals surface area contributed by atoms with Crippen molar-refractivity contribution in [3.8, 4) is 0 Å². The molecule has 0 spiro atoms. The number of benzene rings is 2. The molecule has 4 heteroatoms. The van der Waals surface area contributed by atoms with Crippen molar-refractivity contribution >= 4 is 38.5 Å². The summed E-state index contributed by atoms with van der Waals surface area (Å²) in [6.07, 6.45) is 0. The second kappa shape index (κ2) is 3.63. The molecular weight excluding hydrogens is 252 g/mol. The normalized spacial score (nSPS) is 11.7. The van der Waals surface area contributed by atoms with Gasteiger partial charge in [0.15, 0.2) is 5.58 Å². The monoisotopic (exact) mass is 264 g/mol. The molecule has 0 aliphatic rings. The fourth-order valence-corrected chi connectivity index (χ4v) is 2.68. The standard InChI is InChI=1S/C16H12N2O2/c1-8-2-4-10-11-5-3-9-7-12(17)16(19)20-15(9)14(11)18-13(10)6-8/h2-7,18H,17H2,1H3. The van der Waals surface area contributed by atoms with Gasteiger partial charge in [0.25, 0.3) is 0 Å². The highest BCUT2D eigenvalue weighted by Crippen LogP contribution is 2.31. The van der Waals surface area contributed by atoms with Crippen LogP contribution in [0.5, 0.6) is 0 Å². The second-order valence-electron chi connectivity index (χ2n) is 5.07. The van der Waals surface area contributed by atoms with Gasteiger partial charge in [-0.05, 0) is 24.6 Å². The number of nitrogens with one attached hydrogen (secondary N) is 1. The molecule has 0 radical (unpaired) electrons. The largest absolute Gasteiger partial charge is 0.419 e. The van der Waals surface area contributed by atoms with Crippen molar-refractivity contribution in [1.82, 2.24) is 4.98 Å². The summed E-state index contributed by atoms with van der Waals surface area (Å²) in [5, 5.41) is 2.98. The van der Waals surface area contributed by atoms with Gasteiger partial charge in [-0.2, -0.15) is 0 Å². The third kappa shape index (κ3) is 1.39. The van der Waals surface area contributed by atoms with Gasteiger partial charge in [0.1, 0.15) is 5.69 Å². The summed E-state index contributed by atoms with van der Waals surface area (Å²) in [6.45, 7) is 2.05. The van der Waals surface area contributed by atoms with E-state index in [4.69, 9.17) is 10.2 Å². The van der Waals surface area contributed by atoms with Crippen molar-refractivity contribution in [2.75, 3.05) is 5.73 Å². The minimum absolute atomic E-state index is 0.129. The van der Waals surface area contributed by atoms with Crippen LogP contribution in [0.4, 0.5) is 5.69 Å². The maximum absolute atomic E-state index is 11.6. The molecule has 2 heterocycles. The van der Waals surface area contributed by atoms with Gasteiger partial charge < -0.3 is 15.1 Å². The zero-order valence-corrected chi connectivity index (χ0v) is 10.9. The molecule has 3 N–H and O–H groups in total. The van der Waals surface area contributed by atoms with Crippen LogP contribution in [0.3, 0.4) is 0 Å². The minimum atomic E-state index is -0.500. The van der Waals surface area contributed by atoms with Gasteiger partial charge in [-0.25, -0.2) is 4.79 Å². The SMILES string of the molecule is Cc1ccc2c(c1)[nH]c1c2ccc2cc(N)c(=O)oc21. The molecule has 0 atom stereocenters. The molecule has 0 bridgehead atoms. The van der Waals surface area contributed by atoms with E-state index < -0.39 is 5.63 Å². The number of H-pyrrole nitrogens is 1. The number of aryl methyl sites for hydroxylation is 1. The van der Waals surface area contributed by atoms with Crippen LogP contribution < -0.4 is 11.4 Å². The lowest BCUT2D eigenvalue weighted by Gasteiger charge is -1.99. The first-order valence-electron chi connectivity index (χ1n) is 6.38. The van der Waals surface area contributed by atoms with Crippen molar-refractivity contribution in [2.24, 2.45) is 0 Å². The fraction of sp³-hybridized carbons (Fsp3) is 0.0625. The summed E-state index contributed by atoms with van der Waals surface area (Å²) in [5.74, 6) is 0. The lowest BCUT2D eigenvalue weighted by molar-refractivity contribution is 0.567. The zero-order valence-electron chi connectivity index (χ0n) is 10.9. The average molecular weight is 264 g/mol. The third-order valence-electron chi connectivity index (χ3n) is 3.65. The molecule has 0 aliphatic heterocycles. The van der Waals surface area contributed by atoms with E-state index in [2.05, 4.69) is 23.2 Å². The number of fused-ring (bicyclic) bond motifs is 5. The summed E-state index contributed by atoms with van der Waals surface area (Å²) in [5.41, 5.74) is 8.84. The van der Waals surface area contributed by atoms with Crippen molar-refractivity contribution in [3.05, 3.63) is 52.4 Å². The molecule has 4 nitrogen and oxygen atoms in total. The van der Waals surface area contributed by atoms with E-state index in [1.54, 1.807) is 6.07 Å². The fourth-order valence-electron chi connectivity index (χ4n) is 2.68. The average Bonchev–Trinajstić information content (AvgIpc) is 2.78. The highest BCUT2D eigenvalue weighted by atomic mass is 16.4. The Morgan fingerprint density at radius 3 is 2.75 bits per heavy atom. The van der Waals surface area contributed by atoms with Crippen LogP contribution >= 0.6 is 0 Å². The Morgan fingerprint density at radius 2 is 1.90 bits per heavy atom. The van der Waals surface area contributed by atoms with Crippen molar-refractivity contribution < 1.29 is 4.42 Å². The Bertz CT molecular complexity index is 1040. The lowest BCUT2D eigenvalue weighted by Crippen LogP contribution is -2.05. The van der Waals surface area contributed by atoms with E-state index in [1.165, 1.54) is 5.56 Å². The number of anilines is 1. The third-order valence-corrected chi connectivity index (χ3v) is 3.65. The number of aromatic amines is 1. The van der Waals surface area contributed by atoms with E-state index in [9.17, 15) is 4.79 Å². The molecule has 4 aromatic rings. The molecule has 0 unspecified atom stereocenters. The smallest absolute Gasteiger partial charge is 0.359 e. The number of hydrogen-bond acceptors (Lipinski definition) is 3. The van der Waals surface area contributed by atoms with Gasteiger partial charge in [0.05, 0.1) is 5.52 Å². The quantitative estimate of drug-likeness (QED) is 0.478.